The summed E-state index contributed by atoms with van der Waals surface area (Å²) in [6, 6.07) is 0.877. The fourth-order valence-corrected chi connectivity index (χ4v) is 134. The Hall–Kier alpha value is 1.96. The first-order valence-electron chi connectivity index (χ1n) is 3.31. The van der Waals surface area contributed by atoms with E-state index in [1.807, 2.05) is 0 Å². The quantitative estimate of drug-likeness (QED) is 0.538. The van der Waals surface area contributed by atoms with E-state index in [0.717, 1.165) is 19.6 Å². The average molecular weight is 324 g/mol. The van der Waals surface area contributed by atoms with Crippen molar-refractivity contribution in [1.29, 1.82) is 0 Å². The molecule has 0 aliphatic heterocycles. The second-order valence-electron chi connectivity index (χ2n) is 2.64. The summed E-state index contributed by atoms with van der Waals surface area (Å²) in [5.74, 6) is 0.485. The van der Waals surface area contributed by atoms with Gasteiger partial charge in [0.1, 0.15) is 0 Å². The van der Waals surface area contributed by atoms with Crippen LogP contribution in [-0.4, -0.2) is 17.7 Å². The Morgan fingerprint density at radius 1 is 1.36 bits per heavy atom. The van der Waals surface area contributed by atoms with Gasteiger partial charge in [0.05, 0.1) is 0 Å². The number of rotatable bonds is 1. The van der Waals surface area contributed by atoms with Crippen molar-refractivity contribution in [2.45, 2.75) is 19.9 Å². The average Bonchev–Trinajstić information content (AvgIpc) is 2.50. The molecule has 4 aromatic rings. The Morgan fingerprint density at radius 2 is 2.18 bits per heavy atom. The van der Waals surface area contributed by atoms with Gasteiger partial charge in [0.25, 0.3) is 0 Å². The van der Waals surface area contributed by atoms with Crippen molar-refractivity contribution in [3.63, 3.8) is 0 Å². The first-order chi connectivity index (χ1) is 5.27. The third kappa shape index (κ3) is 1.03. The van der Waals surface area contributed by atoms with Gasteiger partial charge in [-0.15, -0.1) is 0 Å². The van der Waals surface area contributed by atoms with Gasteiger partial charge in [-0.3, -0.25) is 0 Å². The van der Waals surface area contributed by atoms with E-state index in [0.29, 0.717) is 22.4 Å². The van der Waals surface area contributed by atoms with Gasteiger partial charge in [-0.1, -0.05) is 0 Å². The standard InChI is InChI=1S/C3H7NP4S2Se/c1-3(2)4-5-8-10-7(9-5)6(4)11-8/h3H,1-2H3. The molecule has 0 aliphatic rings. The van der Waals surface area contributed by atoms with Crippen molar-refractivity contribution in [3.05, 3.63) is 0 Å². The first-order valence-corrected chi connectivity index (χ1v) is 18.5. The number of hydrogen-bond donors (Lipinski definition) is 0. The van der Waals surface area contributed by atoms with Crippen LogP contribution in [0.2, 0.25) is 0 Å². The molecular formula is C3H7NP4S2Se. The molecule has 4 rings (SSSR count). The van der Waals surface area contributed by atoms with Crippen molar-refractivity contribution in [1.82, 2.24) is 4.09 Å². The van der Waals surface area contributed by atoms with Gasteiger partial charge in [-0.05, 0) is 0 Å². The van der Waals surface area contributed by atoms with E-state index >= 15 is 0 Å². The molecule has 4 unspecified atom stereocenters. The summed E-state index contributed by atoms with van der Waals surface area (Å²) in [6.45, 7) is 4.80. The van der Waals surface area contributed by atoms with Gasteiger partial charge in [-0.25, -0.2) is 0 Å². The molecule has 8 heteroatoms. The molecule has 4 bridgehead atoms. The SMILES string of the molecule is CC(C)n1p2sp3sp2[se]p13. The number of aromatic nitrogens is 1. The molecule has 0 amide bonds. The first kappa shape index (κ1) is 8.28. The molecule has 0 radical (unpaired) electrons. The number of hydrogen-bond acceptors (Lipinski definition) is 2. The van der Waals surface area contributed by atoms with Crippen molar-refractivity contribution >= 4 is 57.1 Å². The van der Waals surface area contributed by atoms with E-state index in [9.17, 15) is 0 Å². The van der Waals surface area contributed by atoms with E-state index < -0.39 is 0 Å². The summed E-state index contributed by atoms with van der Waals surface area (Å²) in [5.41, 5.74) is 0. The van der Waals surface area contributed by atoms with Crippen LogP contribution in [0.5, 0.6) is 0 Å². The Kier molecular flexibility index (Phi) is 2.05. The molecule has 62 valence electrons. The van der Waals surface area contributed by atoms with Gasteiger partial charge in [0.15, 0.2) is 0 Å². The zero-order chi connectivity index (χ0) is 7.59. The second kappa shape index (κ2) is 2.73. The Morgan fingerprint density at radius 3 is 2.45 bits per heavy atom. The van der Waals surface area contributed by atoms with Crippen LogP contribution in [0.4, 0.5) is 0 Å². The maximum atomic E-state index is 2.95. The van der Waals surface area contributed by atoms with E-state index in [2.05, 4.69) is 39.0 Å². The third-order valence-corrected chi connectivity index (χ3v) is 69.2. The van der Waals surface area contributed by atoms with Crippen LogP contribution >= 0.6 is 43.5 Å². The Labute approximate surface area is 80.6 Å². The summed E-state index contributed by atoms with van der Waals surface area (Å²) in [4.78, 5) is 0.563. The van der Waals surface area contributed by atoms with Crippen molar-refractivity contribution in [2.24, 2.45) is 0 Å². The molecule has 0 aliphatic carbocycles. The van der Waals surface area contributed by atoms with Crippen LogP contribution < -0.4 is 0 Å². The minimum absolute atomic E-state index is 0.404. The molecule has 0 N–H and O–H groups in total. The van der Waals surface area contributed by atoms with Crippen molar-refractivity contribution in [3.8, 4) is 0 Å². The third-order valence-electron chi connectivity index (χ3n) is 1.52. The Bertz CT molecular complexity index is 449. The molecule has 0 saturated heterocycles. The molecule has 1 nitrogen and oxygen atoms in total. The van der Waals surface area contributed by atoms with E-state index in [4.69, 9.17) is 0 Å². The van der Waals surface area contributed by atoms with Crippen LogP contribution in [0.3, 0.4) is 0 Å². The summed E-state index contributed by atoms with van der Waals surface area (Å²) >= 11 is 1.13. The van der Waals surface area contributed by atoms with Gasteiger partial charge >= 0.3 is 81.1 Å². The van der Waals surface area contributed by atoms with Crippen molar-refractivity contribution < 1.29 is 0 Å². The van der Waals surface area contributed by atoms with Gasteiger partial charge in [0, 0.05) is 0 Å². The van der Waals surface area contributed by atoms with Crippen LogP contribution in [0.1, 0.15) is 19.9 Å². The molecular weight excluding hydrogens is 317 g/mol. The molecule has 0 saturated carbocycles. The van der Waals surface area contributed by atoms with Crippen LogP contribution in [0.15, 0.2) is 0 Å². The molecule has 4 aromatic heterocycles. The topological polar surface area (TPSA) is 4.93 Å². The summed E-state index contributed by atoms with van der Waals surface area (Å²) < 4.78 is 2.95. The Balaban J connectivity index is 2.53. The predicted octanol–water partition coefficient (Wildman–Crippen LogP) is 5.26. The van der Waals surface area contributed by atoms with Gasteiger partial charge in [-0.2, -0.15) is 0 Å². The van der Waals surface area contributed by atoms with Crippen LogP contribution in [-0.2, 0) is 0 Å². The number of nitrogens with zero attached hydrogens (tertiary/aromatic N) is 1. The van der Waals surface area contributed by atoms with Crippen LogP contribution in [0, 0.1) is 0 Å². The fourth-order valence-electron chi connectivity index (χ4n) is 1.08. The summed E-state index contributed by atoms with van der Waals surface area (Å²) in [7, 11) is 4.86. The molecule has 4 heterocycles. The fraction of sp³-hybridized carbons (Fsp3) is 1.00. The van der Waals surface area contributed by atoms with Crippen molar-refractivity contribution in [2.75, 3.05) is 0 Å². The maximum absolute atomic E-state index is 2.95. The van der Waals surface area contributed by atoms with Crippen LogP contribution in [0.25, 0.3) is 0 Å². The van der Waals surface area contributed by atoms with E-state index in [-0.39, 0.29) is 0 Å². The zero-order valence-corrected chi connectivity index (χ0v) is 13.0. The van der Waals surface area contributed by atoms with Gasteiger partial charge < -0.3 is 0 Å². The van der Waals surface area contributed by atoms with Gasteiger partial charge in [0.2, 0.25) is 0 Å². The monoisotopic (exact) mass is 325 g/mol. The molecule has 0 aromatic carbocycles. The second-order valence-corrected chi connectivity index (χ2v) is 36.4. The summed E-state index contributed by atoms with van der Waals surface area (Å²) in [5, 5.41) is 0.482. The van der Waals surface area contributed by atoms with E-state index in [1.165, 1.54) is 0 Å². The normalized spacial score (nSPS) is 19.9. The minimum atomic E-state index is 0.404. The molecule has 4 atom stereocenters. The molecule has 11 heavy (non-hydrogen) atoms. The predicted molar refractivity (Wildman–Crippen MR) is 64.0 cm³/mol. The molecule has 0 fully saturated rings. The zero-order valence-electron chi connectivity index (χ0n) is 6.04. The summed E-state index contributed by atoms with van der Waals surface area (Å²) in [6.07, 6.45) is 0.404. The molecule has 0 spiro atoms. The van der Waals surface area contributed by atoms with E-state index in [1.54, 1.807) is 0 Å².